The summed E-state index contributed by atoms with van der Waals surface area (Å²) >= 11 is 6.36. The van der Waals surface area contributed by atoms with Gasteiger partial charge >= 0.3 is 5.97 Å². The van der Waals surface area contributed by atoms with Crippen LogP contribution in [0.3, 0.4) is 0 Å². The molecular weight excluding hydrogens is 458 g/mol. The van der Waals surface area contributed by atoms with Gasteiger partial charge in [-0.15, -0.1) is 5.10 Å². The van der Waals surface area contributed by atoms with E-state index in [0.29, 0.717) is 35.6 Å². The van der Waals surface area contributed by atoms with E-state index in [1.165, 1.54) is 30.4 Å². The number of halogens is 1. The molecule has 0 radical (unpaired) electrons. The summed E-state index contributed by atoms with van der Waals surface area (Å²) in [6.45, 7) is 2.90. The lowest BCUT2D eigenvalue weighted by atomic mass is 10.1. The highest BCUT2D eigenvalue weighted by molar-refractivity contribution is 6.32. The number of ether oxygens (including phenoxy) is 4. The van der Waals surface area contributed by atoms with Crippen LogP contribution < -0.4 is 14.2 Å². The van der Waals surface area contributed by atoms with Gasteiger partial charge in [0, 0.05) is 6.07 Å². The number of rotatable bonds is 10. The highest BCUT2D eigenvalue weighted by atomic mass is 35.5. The van der Waals surface area contributed by atoms with Gasteiger partial charge in [0.1, 0.15) is 17.2 Å². The number of aromatic nitrogens is 3. The van der Waals surface area contributed by atoms with Gasteiger partial charge < -0.3 is 18.9 Å². The van der Waals surface area contributed by atoms with E-state index < -0.39 is 5.97 Å². The molecule has 0 bridgehead atoms. The first-order chi connectivity index (χ1) is 16.6. The van der Waals surface area contributed by atoms with E-state index >= 15 is 0 Å². The Hall–Kier alpha value is -3.26. The molecule has 0 unspecified atom stereocenters. The van der Waals surface area contributed by atoms with Crippen molar-refractivity contribution in [1.82, 2.24) is 15.0 Å². The van der Waals surface area contributed by atoms with E-state index in [9.17, 15) is 4.79 Å². The van der Waals surface area contributed by atoms with Gasteiger partial charge in [-0.05, 0) is 55.5 Å². The molecule has 1 aliphatic carbocycles. The molecule has 1 heterocycles. The lowest BCUT2D eigenvalue weighted by Gasteiger charge is -2.14. The summed E-state index contributed by atoms with van der Waals surface area (Å²) in [7, 11) is 1.61. The maximum absolute atomic E-state index is 12.5. The number of hydrogen-bond donors (Lipinski definition) is 0. The Bertz CT molecular complexity index is 1110. The fourth-order valence-corrected chi connectivity index (χ4v) is 4.07. The fourth-order valence-electron chi connectivity index (χ4n) is 3.89. The molecule has 4 rings (SSSR count). The van der Waals surface area contributed by atoms with E-state index in [1.807, 2.05) is 24.3 Å². The minimum atomic E-state index is -0.606. The highest BCUT2D eigenvalue weighted by Crippen LogP contribution is 2.34. The summed E-state index contributed by atoms with van der Waals surface area (Å²) in [4.78, 5) is 12.5. The third-order valence-corrected chi connectivity index (χ3v) is 6.03. The van der Waals surface area contributed by atoms with Crippen LogP contribution in [0.25, 0.3) is 0 Å². The van der Waals surface area contributed by atoms with Crippen LogP contribution in [0.4, 0.5) is 0 Å². The first-order valence-corrected chi connectivity index (χ1v) is 11.8. The monoisotopic (exact) mass is 485 g/mol. The predicted molar refractivity (Wildman–Crippen MR) is 127 cm³/mol. The summed E-state index contributed by atoms with van der Waals surface area (Å²) in [5.74, 6) is 1.86. The Labute approximate surface area is 203 Å². The minimum absolute atomic E-state index is 0.00117. The number of esters is 1. The van der Waals surface area contributed by atoms with E-state index in [4.69, 9.17) is 30.5 Å². The second kappa shape index (κ2) is 11.2. The molecule has 0 saturated heterocycles. The fraction of sp³-hybridized carbons (Fsp3) is 0.400. The number of nitrogens with zero attached hydrogens (tertiary/aromatic N) is 3. The Morgan fingerprint density at radius 2 is 1.85 bits per heavy atom. The van der Waals surface area contributed by atoms with Crippen molar-refractivity contribution < 1.29 is 23.7 Å². The molecule has 0 amide bonds. The van der Waals surface area contributed by atoms with Gasteiger partial charge in [0.05, 0.1) is 31.9 Å². The number of methoxy groups -OCH3 is 1. The zero-order valence-electron chi connectivity index (χ0n) is 19.3. The topological polar surface area (TPSA) is 84.7 Å². The van der Waals surface area contributed by atoms with Crippen LogP contribution >= 0.6 is 11.6 Å². The molecule has 1 aromatic heterocycles. The number of benzene rings is 2. The first kappa shape index (κ1) is 23.9. The summed E-state index contributed by atoms with van der Waals surface area (Å²) in [5, 5.41) is 8.66. The van der Waals surface area contributed by atoms with Crippen molar-refractivity contribution >= 4 is 17.6 Å². The SMILES string of the molecule is CCOC(=O)c1nnn(Cc2ccc(OC)cc2)c1Oc1ccc(Cl)c(OCC2CCCC2)c1. The molecule has 0 aliphatic heterocycles. The van der Waals surface area contributed by atoms with Crippen LogP contribution in [0.2, 0.25) is 5.02 Å². The van der Waals surface area contributed by atoms with Crippen molar-refractivity contribution in [3.05, 3.63) is 58.7 Å². The maximum atomic E-state index is 12.5. The smallest absolute Gasteiger partial charge is 0.364 e. The Kier molecular flexibility index (Phi) is 7.90. The van der Waals surface area contributed by atoms with Crippen molar-refractivity contribution in [3.63, 3.8) is 0 Å². The van der Waals surface area contributed by atoms with Crippen molar-refractivity contribution in [2.45, 2.75) is 39.2 Å². The summed E-state index contributed by atoms with van der Waals surface area (Å²) in [5.41, 5.74) is 0.932. The van der Waals surface area contributed by atoms with Crippen LogP contribution in [0.15, 0.2) is 42.5 Å². The summed E-state index contributed by atoms with van der Waals surface area (Å²) in [6, 6.07) is 12.7. The van der Waals surface area contributed by atoms with Crippen molar-refractivity contribution in [3.8, 4) is 23.1 Å². The van der Waals surface area contributed by atoms with Gasteiger partial charge in [-0.1, -0.05) is 41.8 Å². The van der Waals surface area contributed by atoms with Gasteiger partial charge in [0.25, 0.3) is 5.88 Å². The zero-order valence-corrected chi connectivity index (χ0v) is 20.1. The first-order valence-electron chi connectivity index (χ1n) is 11.4. The lowest BCUT2D eigenvalue weighted by molar-refractivity contribution is 0.0516. The molecule has 9 heteroatoms. The van der Waals surface area contributed by atoms with E-state index in [1.54, 1.807) is 32.2 Å². The van der Waals surface area contributed by atoms with Gasteiger partial charge in [-0.25, -0.2) is 9.48 Å². The second-order valence-corrected chi connectivity index (χ2v) is 8.53. The van der Waals surface area contributed by atoms with Crippen molar-refractivity contribution in [2.75, 3.05) is 20.3 Å². The van der Waals surface area contributed by atoms with Crippen LogP contribution in [-0.2, 0) is 11.3 Å². The molecular formula is C25H28ClN3O5. The molecule has 34 heavy (non-hydrogen) atoms. The summed E-state index contributed by atoms with van der Waals surface area (Å²) in [6.07, 6.45) is 4.83. The third-order valence-electron chi connectivity index (χ3n) is 5.72. The molecule has 0 N–H and O–H groups in total. The van der Waals surface area contributed by atoms with E-state index in [-0.39, 0.29) is 18.2 Å². The van der Waals surface area contributed by atoms with Crippen LogP contribution in [0.5, 0.6) is 23.1 Å². The zero-order chi connectivity index (χ0) is 23.9. The average molecular weight is 486 g/mol. The molecule has 8 nitrogen and oxygen atoms in total. The molecule has 1 aliphatic rings. The van der Waals surface area contributed by atoms with E-state index in [2.05, 4.69) is 10.3 Å². The van der Waals surface area contributed by atoms with Crippen molar-refractivity contribution in [1.29, 1.82) is 0 Å². The van der Waals surface area contributed by atoms with Gasteiger partial charge in [0.2, 0.25) is 5.69 Å². The molecule has 0 atom stereocenters. The van der Waals surface area contributed by atoms with Crippen molar-refractivity contribution in [2.24, 2.45) is 5.92 Å². The predicted octanol–water partition coefficient (Wildman–Crippen LogP) is 5.53. The molecule has 0 spiro atoms. The average Bonchev–Trinajstić information content (AvgIpc) is 3.50. The Morgan fingerprint density at radius 1 is 1.12 bits per heavy atom. The Balaban J connectivity index is 1.57. The van der Waals surface area contributed by atoms with E-state index in [0.717, 1.165) is 11.3 Å². The number of hydrogen-bond acceptors (Lipinski definition) is 7. The third kappa shape index (κ3) is 5.80. The van der Waals surface area contributed by atoms with Crippen LogP contribution in [0, 0.1) is 5.92 Å². The molecule has 1 fully saturated rings. The number of carbonyl (C=O) groups is 1. The van der Waals surface area contributed by atoms with Gasteiger partial charge in [-0.3, -0.25) is 0 Å². The number of carbonyl (C=O) groups excluding carboxylic acids is 1. The van der Waals surface area contributed by atoms with Crippen LogP contribution in [0.1, 0.15) is 48.7 Å². The van der Waals surface area contributed by atoms with Crippen LogP contribution in [-0.4, -0.2) is 41.3 Å². The molecule has 3 aromatic rings. The quantitative estimate of drug-likeness (QED) is 0.349. The van der Waals surface area contributed by atoms with Gasteiger partial charge in [0.15, 0.2) is 0 Å². The molecule has 180 valence electrons. The minimum Gasteiger partial charge on any atom is -0.497 e. The molecule has 2 aromatic carbocycles. The Morgan fingerprint density at radius 3 is 2.56 bits per heavy atom. The molecule has 1 saturated carbocycles. The largest absolute Gasteiger partial charge is 0.497 e. The second-order valence-electron chi connectivity index (χ2n) is 8.13. The van der Waals surface area contributed by atoms with Gasteiger partial charge in [-0.2, -0.15) is 0 Å². The standard InChI is InChI=1S/C25H28ClN3O5/c1-3-32-25(30)23-24(29(28-27-23)15-17-8-10-19(31-2)11-9-17)34-20-12-13-21(26)22(14-20)33-16-18-6-4-5-7-18/h8-14,18H,3-7,15-16H2,1-2H3. The normalized spacial score (nSPS) is 13.6. The summed E-state index contributed by atoms with van der Waals surface area (Å²) < 4.78 is 24.0. The lowest BCUT2D eigenvalue weighted by Crippen LogP contribution is -2.09. The maximum Gasteiger partial charge on any atom is 0.364 e. The highest BCUT2D eigenvalue weighted by Gasteiger charge is 2.24.